The number of thiophene rings is 1. The summed E-state index contributed by atoms with van der Waals surface area (Å²) in [6.45, 7) is 4.53. The summed E-state index contributed by atoms with van der Waals surface area (Å²) < 4.78 is 0. The molecule has 4 heteroatoms. The lowest BCUT2D eigenvalue weighted by atomic mass is 10.1. The Balaban J connectivity index is 1.67. The van der Waals surface area contributed by atoms with Crippen molar-refractivity contribution >= 4 is 17.2 Å². The first-order valence-electron chi connectivity index (χ1n) is 6.94. The number of aryl methyl sites for hydroxylation is 1. The van der Waals surface area contributed by atoms with Gasteiger partial charge in [0.05, 0.1) is 6.54 Å². The fraction of sp³-hybridized carbons (Fsp3) is 0.312. The van der Waals surface area contributed by atoms with Crippen LogP contribution >= 0.6 is 11.3 Å². The van der Waals surface area contributed by atoms with Gasteiger partial charge in [0, 0.05) is 23.5 Å². The summed E-state index contributed by atoms with van der Waals surface area (Å²) in [5, 5.41) is 8.40. The van der Waals surface area contributed by atoms with Crippen molar-refractivity contribution in [2.45, 2.75) is 33.0 Å². The number of fused-ring (bicyclic) bond motifs is 1. The molecule has 1 aliphatic rings. The fourth-order valence-electron chi connectivity index (χ4n) is 2.54. The first-order valence-corrected chi connectivity index (χ1v) is 7.82. The van der Waals surface area contributed by atoms with Crippen molar-refractivity contribution in [3.8, 4) is 0 Å². The van der Waals surface area contributed by atoms with E-state index in [9.17, 15) is 4.79 Å². The van der Waals surface area contributed by atoms with Crippen LogP contribution in [0.25, 0.3) is 0 Å². The predicted octanol–water partition coefficient (Wildman–Crippen LogP) is 2.84. The molecular formula is C16H18N2OS. The molecule has 1 aromatic heterocycles. The highest BCUT2D eigenvalue weighted by Crippen LogP contribution is 2.19. The highest BCUT2D eigenvalue weighted by molar-refractivity contribution is 7.10. The van der Waals surface area contributed by atoms with Gasteiger partial charge in [0.1, 0.15) is 0 Å². The molecule has 0 aliphatic carbocycles. The lowest BCUT2D eigenvalue weighted by molar-refractivity contribution is 0.0951. The number of nitrogens with one attached hydrogen (secondary N) is 2. The summed E-state index contributed by atoms with van der Waals surface area (Å²) in [6.07, 6.45) is 1.01. The quantitative estimate of drug-likeness (QED) is 0.907. The van der Waals surface area contributed by atoms with E-state index in [-0.39, 0.29) is 5.91 Å². The molecule has 3 rings (SSSR count). The van der Waals surface area contributed by atoms with E-state index < -0.39 is 0 Å². The SMILES string of the molecule is CCc1ccsc1CNC(=O)c1ccc2c(c1)CNC2. The van der Waals surface area contributed by atoms with E-state index in [1.807, 2.05) is 18.2 Å². The van der Waals surface area contributed by atoms with Crippen LogP contribution in [0.5, 0.6) is 0 Å². The zero-order chi connectivity index (χ0) is 13.9. The Morgan fingerprint density at radius 3 is 3.00 bits per heavy atom. The van der Waals surface area contributed by atoms with Crippen molar-refractivity contribution < 1.29 is 4.79 Å². The van der Waals surface area contributed by atoms with Gasteiger partial charge in [-0.25, -0.2) is 0 Å². The summed E-state index contributed by atoms with van der Waals surface area (Å²) >= 11 is 1.71. The summed E-state index contributed by atoms with van der Waals surface area (Å²) in [4.78, 5) is 13.5. The van der Waals surface area contributed by atoms with Crippen LogP contribution in [-0.4, -0.2) is 5.91 Å². The topological polar surface area (TPSA) is 41.1 Å². The van der Waals surface area contributed by atoms with Gasteiger partial charge >= 0.3 is 0 Å². The molecule has 1 aromatic carbocycles. The van der Waals surface area contributed by atoms with Gasteiger partial charge in [0.25, 0.3) is 5.91 Å². The van der Waals surface area contributed by atoms with Crippen LogP contribution in [-0.2, 0) is 26.1 Å². The van der Waals surface area contributed by atoms with Gasteiger partial charge in [-0.15, -0.1) is 11.3 Å². The van der Waals surface area contributed by atoms with Crippen molar-refractivity contribution in [3.05, 3.63) is 56.8 Å². The fourth-order valence-corrected chi connectivity index (χ4v) is 3.45. The molecule has 3 nitrogen and oxygen atoms in total. The Bertz CT molecular complexity index is 633. The van der Waals surface area contributed by atoms with Crippen LogP contribution in [0.4, 0.5) is 0 Å². The van der Waals surface area contributed by atoms with Crippen LogP contribution in [0, 0.1) is 0 Å². The molecule has 0 fully saturated rings. The lowest BCUT2D eigenvalue weighted by Crippen LogP contribution is -2.22. The highest BCUT2D eigenvalue weighted by atomic mass is 32.1. The van der Waals surface area contributed by atoms with Gasteiger partial charge in [-0.1, -0.05) is 13.0 Å². The molecule has 1 amide bonds. The molecule has 20 heavy (non-hydrogen) atoms. The molecule has 0 saturated carbocycles. The van der Waals surface area contributed by atoms with Crippen LogP contribution in [0.1, 0.15) is 38.8 Å². The number of hydrogen-bond donors (Lipinski definition) is 2. The predicted molar refractivity (Wildman–Crippen MR) is 81.9 cm³/mol. The summed E-state index contributed by atoms with van der Waals surface area (Å²) in [7, 11) is 0. The first-order chi connectivity index (χ1) is 9.78. The Labute approximate surface area is 123 Å². The summed E-state index contributed by atoms with van der Waals surface area (Å²) in [5.41, 5.74) is 4.62. The smallest absolute Gasteiger partial charge is 0.251 e. The third-order valence-electron chi connectivity index (χ3n) is 3.73. The van der Waals surface area contributed by atoms with Gasteiger partial charge in [-0.05, 0) is 46.7 Å². The minimum atomic E-state index is 0.00940. The molecule has 0 unspecified atom stereocenters. The number of carbonyl (C=O) groups excluding carboxylic acids is 1. The maximum Gasteiger partial charge on any atom is 0.251 e. The van der Waals surface area contributed by atoms with Crippen molar-refractivity contribution in [2.75, 3.05) is 0 Å². The molecule has 0 spiro atoms. The molecule has 2 heterocycles. The Kier molecular flexibility index (Phi) is 3.85. The number of rotatable bonds is 4. The van der Waals surface area contributed by atoms with Crippen LogP contribution in [0.3, 0.4) is 0 Å². The normalized spacial score (nSPS) is 13.2. The number of hydrogen-bond acceptors (Lipinski definition) is 3. The van der Waals surface area contributed by atoms with Crippen LogP contribution < -0.4 is 10.6 Å². The largest absolute Gasteiger partial charge is 0.347 e. The van der Waals surface area contributed by atoms with Crippen molar-refractivity contribution in [1.29, 1.82) is 0 Å². The van der Waals surface area contributed by atoms with Crippen molar-refractivity contribution in [2.24, 2.45) is 0 Å². The molecule has 0 radical (unpaired) electrons. The van der Waals surface area contributed by atoms with E-state index in [4.69, 9.17) is 0 Å². The number of amides is 1. The van der Waals surface area contributed by atoms with Gasteiger partial charge in [0.15, 0.2) is 0 Å². The maximum absolute atomic E-state index is 12.2. The van der Waals surface area contributed by atoms with E-state index in [0.29, 0.717) is 6.54 Å². The minimum absolute atomic E-state index is 0.00940. The first kappa shape index (κ1) is 13.3. The van der Waals surface area contributed by atoms with Crippen molar-refractivity contribution in [1.82, 2.24) is 10.6 Å². The highest BCUT2D eigenvalue weighted by Gasteiger charge is 2.13. The standard InChI is InChI=1S/C16H18N2OS/c1-2-11-5-6-20-15(11)10-18-16(19)12-3-4-13-8-17-9-14(13)7-12/h3-7,17H,2,8-10H2,1H3,(H,18,19). The molecule has 104 valence electrons. The molecular weight excluding hydrogens is 268 g/mol. The minimum Gasteiger partial charge on any atom is -0.347 e. The third-order valence-corrected chi connectivity index (χ3v) is 4.69. The second kappa shape index (κ2) is 5.77. The number of carbonyl (C=O) groups is 1. The average Bonchev–Trinajstić information content (AvgIpc) is 3.12. The zero-order valence-electron chi connectivity index (χ0n) is 11.5. The molecule has 2 N–H and O–H groups in total. The second-order valence-electron chi connectivity index (χ2n) is 4.99. The molecule has 0 bridgehead atoms. The number of benzene rings is 1. The Morgan fingerprint density at radius 2 is 2.15 bits per heavy atom. The average molecular weight is 286 g/mol. The third kappa shape index (κ3) is 2.62. The lowest BCUT2D eigenvalue weighted by Gasteiger charge is -2.07. The summed E-state index contributed by atoms with van der Waals surface area (Å²) in [5.74, 6) is 0.00940. The van der Waals surface area contributed by atoms with Gasteiger partial charge in [-0.3, -0.25) is 4.79 Å². The molecule has 1 aliphatic heterocycles. The van der Waals surface area contributed by atoms with E-state index in [1.54, 1.807) is 11.3 Å². The molecule has 0 saturated heterocycles. The maximum atomic E-state index is 12.2. The van der Waals surface area contributed by atoms with Gasteiger partial charge in [0.2, 0.25) is 0 Å². The van der Waals surface area contributed by atoms with Gasteiger partial charge in [-0.2, -0.15) is 0 Å². The Morgan fingerprint density at radius 1 is 1.30 bits per heavy atom. The second-order valence-corrected chi connectivity index (χ2v) is 5.99. The summed E-state index contributed by atoms with van der Waals surface area (Å²) in [6, 6.07) is 8.09. The Hall–Kier alpha value is -1.65. The molecule has 0 atom stereocenters. The van der Waals surface area contributed by atoms with E-state index in [0.717, 1.165) is 25.1 Å². The van der Waals surface area contributed by atoms with E-state index in [1.165, 1.54) is 21.6 Å². The van der Waals surface area contributed by atoms with Crippen LogP contribution in [0.2, 0.25) is 0 Å². The van der Waals surface area contributed by atoms with E-state index in [2.05, 4.69) is 29.0 Å². The van der Waals surface area contributed by atoms with Crippen molar-refractivity contribution in [3.63, 3.8) is 0 Å². The van der Waals surface area contributed by atoms with Gasteiger partial charge < -0.3 is 10.6 Å². The monoisotopic (exact) mass is 286 g/mol. The van der Waals surface area contributed by atoms with E-state index >= 15 is 0 Å². The molecule has 2 aromatic rings. The zero-order valence-corrected chi connectivity index (χ0v) is 12.3. The van der Waals surface area contributed by atoms with Crippen LogP contribution in [0.15, 0.2) is 29.6 Å².